The quantitative estimate of drug-likeness (QED) is 0.919. The SMILES string of the molecule is COc1ccc(C(=O)NC(C)c2ccccc2C)c(OC)c1. The maximum atomic E-state index is 12.5. The largest absolute Gasteiger partial charge is 0.497 e. The van der Waals surface area contributed by atoms with Crippen LogP contribution < -0.4 is 14.8 Å². The first-order chi connectivity index (χ1) is 10.6. The summed E-state index contributed by atoms with van der Waals surface area (Å²) >= 11 is 0. The minimum Gasteiger partial charge on any atom is -0.497 e. The lowest BCUT2D eigenvalue weighted by atomic mass is 10.0. The van der Waals surface area contributed by atoms with Crippen LogP contribution in [0.25, 0.3) is 0 Å². The summed E-state index contributed by atoms with van der Waals surface area (Å²) in [7, 11) is 3.12. The Bertz CT molecular complexity index is 667. The van der Waals surface area contributed by atoms with Crippen molar-refractivity contribution in [2.75, 3.05) is 14.2 Å². The summed E-state index contributed by atoms with van der Waals surface area (Å²) in [5, 5.41) is 3.01. The van der Waals surface area contributed by atoms with Gasteiger partial charge in [-0.25, -0.2) is 0 Å². The van der Waals surface area contributed by atoms with E-state index in [0.717, 1.165) is 11.1 Å². The average molecular weight is 299 g/mol. The maximum absolute atomic E-state index is 12.5. The van der Waals surface area contributed by atoms with Gasteiger partial charge in [-0.2, -0.15) is 0 Å². The number of aryl methyl sites for hydroxylation is 1. The molecule has 0 radical (unpaired) electrons. The minimum atomic E-state index is -0.171. The van der Waals surface area contributed by atoms with Crippen molar-refractivity contribution in [3.8, 4) is 11.5 Å². The molecule has 0 fully saturated rings. The Labute approximate surface area is 131 Å². The Morgan fingerprint density at radius 2 is 1.82 bits per heavy atom. The Hall–Kier alpha value is -2.49. The third-order valence-electron chi connectivity index (χ3n) is 3.66. The molecule has 0 aliphatic heterocycles. The summed E-state index contributed by atoms with van der Waals surface area (Å²) in [5.41, 5.74) is 2.74. The minimum absolute atomic E-state index is 0.0829. The average Bonchev–Trinajstić information content (AvgIpc) is 2.54. The molecule has 1 unspecified atom stereocenters. The van der Waals surface area contributed by atoms with Crippen LogP contribution in [-0.2, 0) is 0 Å². The van der Waals surface area contributed by atoms with Crippen LogP contribution in [0, 0.1) is 6.92 Å². The Balaban J connectivity index is 2.20. The van der Waals surface area contributed by atoms with E-state index < -0.39 is 0 Å². The van der Waals surface area contributed by atoms with Gasteiger partial charge >= 0.3 is 0 Å². The number of benzene rings is 2. The van der Waals surface area contributed by atoms with E-state index in [1.165, 1.54) is 7.11 Å². The molecule has 0 saturated heterocycles. The monoisotopic (exact) mass is 299 g/mol. The number of hydrogen-bond acceptors (Lipinski definition) is 3. The van der Waals surface area contributed by atoms with E-state index in [4.69, 9.17) is 9.47 Å². The molecular weight excluding hydrogens is 278 g/mol. The number of carbonyl (C=O) groups excluding carboxylic acids is 1. The summed E-state index contributed by atoms with van der Waals surface area (Å²) < 4.78 is 10.4. The van der Waals surface area contributed by atoms with Crippen LogP contribution in [-0.4, -0.2) is 20.1 Å². The number of rotatable bonds is 5. The van der Waals surface area contributed by atoms with E-state index in [0.29, 0.717) is 17.1 Å². The van der Waals surface area contributed by atoms with Crippen molar-refractivity contribution in [3.63, 3.8) is 0 Å². The van der Waals surface area contributed by atoms with Crippen molar-refractivity contribution in [1.29, 1.82) is 0 Å². The van der Waals surface area contributed by atoms with Gasteiger partial charge in [0.05, 0.1) is 25.8 Å². The second kappa shape index (κ2) is 6.98. The molecule has 1 N–H and O–H groups in total. The summed E-state index contributed by atoms with van der Waals surface area (Å²) in [6.45, 7) is 4.00. The van der Waals surface area contributed by atoms with Crippen molar-refractivity contribution >= 4 is 5.91 Å². The van der Waals surface area contributed by atoms with Crippen LogP contribution in [0.15, 0.2) is 42.5 Å². The second-order valence-electron chi connectivity index (χ2n) is 5.12. The van der Waals surface area contributed by atoms with Crippen LogP contribution in [0.2, 0.25) is 0 Å². The predicted molar refractivity (Wildman–Crippen MR) is 86.6 cm³/mol. The normalized spacial score (nSPS) is 11.6. The van der Waals surface area contributed by atoms with E-state index >= 15 is 0 Å². The summed E-state index contributed by atoms with van der Waals surface area (Å²) in [6.07, 6.45) is 0. The van der Waals surface area contributed by atoms with Crippen molar-refractivity contribution < 1.29 is 14.3 Å². The van der Waals surface area contributed by atoms with E-state index in [-0.39, 0.29) is 11.9 Å². The highest BCUT2D eigenvalue weighted by Crippen LogP contribution is 2.25. The standard InChI is InChI=1S/C18H21NO3/c1-12-7-5-6-8-15(12)13(2)19-18(20)16-10-9-14(21-3)11-17(16)22-4/h5-11,13H,1-4H3,(H,19,20). The van der Waals surface area contributed by atoms with Crippen molar-refractivity contribution in [2.24, 2.45) is 0 Å². The van der Waals surface area contributed by atoms with Crippen LogP contribution in [0.3, 0.4) is 0 Å². The van der Waals surface area contributed by atoms with Gasteiger partial charge in [-0.15, -0.1) is 0 Å². The third kappa shape index (κ3) is 3.39. The molecule has 1 atom stereocenters. The number of amides is 1. The highest BCUT2D eigenvalue weighted by molar-refractivity contribution is 5.97. The fourth-order valence-electron chi connectivity index (χ4n) is 2.41. The molecule has 1 amide bonds. The van der Waals surface area contributed by atoms with E-state index in [9.17, 15) is 4.79 Å². The molecule has 2 rings (SSSR count). The fourth-order valence-corrected chi connectivity index (χ4v) is 2.41. The van der Waals surface area contributed by atoms with Crippen LogP contribution in [0.5, 0.6) is 11.5 Å². The zero-order valence-electron chi connectivity index (χ0n) is 13.3. The van der Waals surface area contributed by atoms with Gasteiger partial charge in [-0.05, 0) is 37.1 Å². The Morgan fingerprint density at radius 1 is 1.09 bits per heavy atom. The topological polar surface area (TPSA) is 47.6 Å². The molecular formula is C18H21NO3. The van der Waals surface area contributed by atoms with Gasteiger partial charge in [0, 0.05) is 6.07 Å². The molecule has 116 valence electrons. The molecule has 2 aromatic rings. The van der Waals surface area contributed by atoms with Gasteiger partial charge in [0.15, 0.2) is 0 Å². The first kappa shape index (κ1) is 15.9. The van der Waals surface area contributed by atoms with Crippen molar-refractivity contribution in [2.45, 2.75) is 19.9 Å². The highest BCUT2D eigenvalue weighted by Gasteiger charge is 2.17. The molecule has 0 aliphatic carbocycles. The lowest BCUT2D eigenvalue weighted by Crippen LogP contribution is -2.27. The van der Waals surface area contributed by atoms with Crippen LogP contribution in [0.1, 0.15) is 34.5 Å². The molecule has 4 nitrogen and oxygen atoms in total. The van der Waals surface area contributed by atoms with Crippen LogP contribution >= 0.6 is 0 Å². The maximum Gasteiger partial charge on any atom is 0.255 e. The highest BCUT2D eigenvalue weighted by atomic mass is 16.5. The molecule has 4 heteroatoms. The molecule has 2 aromatic carbocycles. The first-order valence-corrected chi connectivity index (χ1v) is 7.15. The van der Waals surface area contributed by atoms with Crippen LogP contribution in [0.4, 0.5) is 0 Å². The number of nitrogens with one attached hydrogen (secondary N) is 1. The summed E-state index contributed by atoms with van der Waals surface area (Å²) in [4.78, 5) is 12.5. The molecule has 0 bridgehead atoms. The van der Waals surface area contributed by atoms with Gasteiger partial charge in [-0.3, -0.25) is 4.79 Å². The number of hydrogen-bond donors (Lipinski definition) is 1. The molecule has 0 heterocycles. The number of ether oxygens (including phenoxy) is 2. The summed E-state index contributed by atoms with van der Waals surface area (Å²) in [6, 6.07) is 13.1. The Morgan fingerprint density at radius 3 is 2.45 bits per heavy atom. The smallest absolute Gasteiger partial charge is 0.255 e. The fraction of sp³-hybridized carbons (Fsp3) is 0.278. The Kier molecular flexibility index (Phi) is 5.04. The van der Waals surface area contributed by atoms with Gasteiger partial charge in [0.25, 0.3) is 5.91 Å². The first-order valence-electron chi connectivity index (χ1n) is 7.15. The third-order valence-corrected chi connectivity index (χ3v) is 3.66. The van der Waals surface area contributed by atoms with E-state index in [1.807, 2.05) is 38.1 Å². The molecule has 22 heavy (non-hydrogen) atoms. The number of methoxy groups -OCH3 is 2. The van der Waals surface area contributed by atoms with Crippen molar-refractivity contribution in [3.05, 3.63) is 59.2 Å². The zero-order valence-corrected chi connectivity index (χ0v) is 13.3. The van der Waals surface area contributed by atoms with Gasteiger partial charge in [0.1, 0.15) is 11.5 Å². The van der Waals surface area contributed by atoms with Gasteiger partial charge in [-0.1, -0.05) is 24.3 Å². The molecule has 0 aliphatic rings. The zero-order chi connectivity index (χ0) is 16.1. The van der Waals surface area contributed by atoms with Gasteiger partial charge < -0.3 is 14.8 Å². The number of carbonyl (C=O) groups is 1. The molecule has 0 aromatic heterocycles. The van der Waals surface area contributed by atoms with Crippen molar-refractivity contribution in [1.82, 2.24) is 5.32 Å². The predicted octanol–water partition coefficient (Wildman–Crippen LogP) is 3.50. The molecule has 0 saturated carbocycles. The molecule has 0 spiro atoms. The summed E-state index contributed by atoms with van der Waals surface area (Å²) in [5.74, 6) is 0.976. The van der Waals surface area contributed by atoms with E-state index in [2.05, 4.69) is 5.32 Å². The van der Waals surface area contributed by atoms with Gasteiger partial charge in [0.2, 0.25) is 0 Å². The second-order valence-corrected chi connectivity index (χ2v) is 5.12. The lowest BCUT2D eigenvalue weighted by Gasteiger charge is -2.17. The lowest BCUT2D eigenvalue weighted by molar-refractivity contribution is 0.0936. The van der Waals surface area contributed by atoms with E-state index in [1.54, 1.807) is 25.3 Å².